The molecule has 1 aromatic heterocycles. The van der Waals surface area contributed by atoms with E-state index in [4.69, 9.17) is 0 Å². The Kier molecular flexibility index (Phi) is 4.11. The van der Waals surface area contributed by atoms with Gasteiger partial charge in [0.2, 0.25) is 0 Å². The van der Waals surface area contributed by atoms with Gasteiger partial charge in [0.05, 0.1) is 0 Å². The lowest BCUT2D eigenvalue weighted by molar-refractivity contribution is 0.0934. The van der Waals surface area contributed by atoms with Crippen molar-refractivity contribution in [2.45, 2.75) is 0 Å². The number of nitrogens with zero attached hydrogens (tertiary/aromatic N) is 3. The van der Waals surface area contributed by atoms with Gasteiger partial charge in [-0.1, -0.05) is 0 Å². The molecule has 6 heteroatoms. The van der Waals surface area contributed by atoms with Crippen molar-refractivity contribution in [2.24, 2.45) is 7.05 Å². The second kappa shape index (κ2) is 5.79. The Bertz CT molecular complexity index is 370. The zero-order valence-electron chi connectivity index (χ0n) is 10.1. The number of amides is 1. The molecule has 0 atom stereocenters. The molecule has 0 unspecified atom stereocenters. The van der Waals surface area contributed by atoms with Crippen LogP contribution in [0.3, 0.4) is 0 Å². The molecular weight excluding hydrogens is 218 g/mol. The zero-order valence-corrected chi connectivity index (χ0v) is 10.1. The number of piperazine rings is 1. The first-order chi connectivity index (χ1) is 8.27. The van der Waals surface area contributed by atoms with Crippen molar-refractivity contribution in [3.8, 4) is 0 Å². The SMILES string of the molecule is Cn1ccnc1C(=O)NCCN1CCNCC1. The van der Waals surface area contributed by atoms with Crippen LogP contribution in [0.25, 0.3) is 0 Å². The number of aromatic nitrogens is 2. The second-order valence-corrected chi connectivity index (χ2v) is 4.21. The standard InChI is InChI=1S/C11H19N5O/c1-15-6-4-13-10(15)11(17)14-5-9-16-7-2-12-3-8-16/h4,6,12H,2-3,5,7-9H2,1H3,(H,14,17). The molecule has 17 heavy (non-hydrogen) atoms. The molecule has 1 amide bonds. The van der Waals surface area contributed by atoms with Gasteiger partial charge in [-0.3, -0.25) is 9.69 Å². The van der Waals surface area contributed by atoms with Gasteiger partial charge in [0, 0.05) is 58.7 Å². The third kappa shape index (κ3) is 3.28. The Morgan fingerprint density at radius 3 is 2.94 bits per heavy atom. The molecule has 2 rings (SSSR count). The lowest BCUT2D eigenvalue weighted by atomic mass is 10.3. The number of nitrogens with one attached hydrogen (secondary N) is 2. The monoisotopic (exact) mass is 237 g/mol. The minimum Gasteiger partial charge on any atom is -0.348 e. The third-order valence-electron chi connectivity index (χ3n) is 2.95. The maximum absolute atomic E-state index is 11.7. The zero-order chi connectivity index (χ0) is 12.1. The van der Waals surface area contributed by atoms with Crippen LogP contribution in [0.4, 0.5) is 0 Å². The number of carbonyl (C=O) groups excluding carboxylic acids is 1. The number of carbonyl (C=O) groups is 1. The Morgan fingerprint density at radius 1 is 1.53 bits per heavy atom. The van der Waals surface area contributed by atoms with E-state index in [2.05, 4.69) is 20.5 Å². The van der Waals surface area contributed by atoms with Crippen LogP contribution in [0, 0.1) is 0 Å². The van der Waals surface area contributed by atoms with Crippen molar-refractivity contribution in [1.29, 1.82) is 0 Å². The van der Waals surface area contributed by atoms with Gasteiger partial charge in [-0.25, -0.2) is 4.98 Å². The van der Waals surface area contributed by atoms with E-state index < -0.39 is 0 Å². The van der Waals surface area contributed by atoms with Gasteiger partial charge in [0.25, 0.3) is 5.91 Å². The quantitative estimate of drug-likeness (QED) is 0.709. The van der Waals surface area contributed by atoms with Crippen molar-refractivity contribution < 1.29 is 4.79 Å². The fourth-order valence-electron chi connectivity index (χ4n) is 1.93. The maximum atomic E-state index is 11.7. The van der Waals surface area contributed by atoms with Crippen molar-refractivity contribution in [1.82, 2.24) is 25.1 Å². The Balaban J connectivity index is 1.71. The van der Waals surface area contributed by atoms with E-state index in [1.165, 1.54) is 0 Å². The molecule has 0 saturated carbocycles. The molecule has 0 aliphatic carbocycles. The second-order valence-electron chi connectivity index (χ2n) is 4.21. The fourth-order valence-corrected chi connectivity index (χ4v) is 1.93. The number of hydrogen-bond donors (Lipinski definition) is 2. The van der Waals surface area contributed by atoms with Gasteiger partial charge >= 0.3 is 0 Å². The number of imidazole rings is 1. The van der Waals surface area contributed by atoms with Crippen molar-refractivity contribution >= 4 is 5.91 Å². The molecule has 1 saturated heterocycles. The van der Waals surface area contributed by atoms with Gasteiger partial charge in [0.1, 0.15) is 0 Å². The van der Waals surface area contributed by atoms with Gasteiger partial charge in [-0.05, 0) is 0 Å². The molecular formula is C11H19N5O. The van der Waals surface area contributed by atoms with E-state index in [-0.39, 0.29) is 5.91 Å². The molecule has 2 heterocycles. The van der Waals surface area contributed by atoms with E-state index >= 15 is 0 Å². The summed E-state index contributed by atoms with van der Waals surface area (Å²) in [7, 11) is 1.82. The minimum atomic E-state index is -0.104. The molecule has 0 spiro atoms. The predicted molar refractivity (Wildman–Crippen MR) is 64.9 cm³/mol. The van der Waals surface area contributed by atoms with Crippen LogP contribution >= 0.6 is 0 Å². The Labute approximate surface area is 101 Å². The summed E-state index contributed by atoms with van der Waals surface area (Å²) >= 11 is 0. The molecule has 0 aromatic carbocycles. The molecule has 0 radical (unpaired) electrons. The first-order valence-corrected chi connectivity index (χ1v) is 5.96. The van der Waals surface area contributed by atoms with Crippen LogP contribution in [0.2, 0.25) is 0 Å². The van der Waals surface area contributed by atoms with E-state index in [9.17, 15) is 4.79 Å². The molecule has 0 bridgehead atoms. The molecule has 94 valence electrons. The van der Waals surface area contributed by atoms with Crippen molar-refractivity contribution in [3.05, 3.63) is 18.2 Å². The summed E-state index contributed by atoms with van der Waals surface area (Å²) in [5, 5.41) is 6.19. The summed E-state index contributed by atoms with van der Waals surface area (Å²) < 4.78 is 1.72. The summed E-state index contributed by atoms with van der Waals surface area (Å²) in [6, 6.07) is 0. The molecule has 6 nitrogen and oxygen atoms in total. The smallest absolute Gasteiger partial charge is 0.287 e. The molecule has 2 N–H and O–H groups in total. The third-order valence-corrected chi connectivity index (χ3v) is 2.95. The summed E-state index contributed by atoms with van der Waals surface area (Å²) in [6.45, 7) is 5.75. The maximum Gasteiger partial charge on any atom is 0.287 e. The largest absolute Gasteiger partial charge is 0.348 e. The average Bonchev–Trinajstić information content (AvgIpc) is 2.77. The van der Waals surface area contributed by atoms with Gasteiger partial charge in [-0.15, -0.1) is 0 Å². The predicted octanol–water partition coefficient (Wildman–Crippen LogP) is -0.945. The Morgan fingerprint density at radius 2 is 2.29 bits per heavy atom. The topological polar surface area (TPSA) is 62.2 Å². The summed E-state index contributed by atoms with van der Waals surface area (Å²) in [5.41, 5.74) is 0. The lowest BCUT2D eigenvalue weighted by Gasteiger charge is -2.27. The van der Waals surface area contributed by atoms with Crippen molar-refractivity contribution in [3.63, 3.8) is 0 Å². The van der Waals surface area contributed by atoms with E-state index in [0.717, 1.165) is 32.7 Å². The van der Waals surface area contributed by atoms with Gasteiger partial charge in [-0.2, -0.15) is 0 Å². The molecule has 1 aromatic rings. The number of aryl methyl sites for hydroxylation is 1. The van der Waals surface area contributed by atoms with Crippen molar-refractivity contribution in [2.75, 3.05) is 39.3 Å². The van der Waals surface area contributed by atoms with Crippen LogP contribution in [-0.2, 0) is 7.05 Å². The minimum absolute atomic E-state index is 0.104. The van der Waals surface area contributed by atoms with E-state index in [1.807, 2.05) is 7.05 Å². The Hall–Kier alpha value is -1.40. The number of hydrogen-bond acceptors (Lipinski definition) is 4. The van der Waals surface area contributed by atoms with Gasteiger partial charge in [0.15, 0.2) is 5.82 Å². The lowest BCUT2D eigenvalue weighted by Crippen LogP contribution is -2.46. The molecule has 1 aliphatic rings. The van der Waals surface area contributed by atoms with Crippen LogP contribution < -0.4 is 10.6 Å². The van der Waals surface area contributed by atoms with Crippen LogP contribution in [0.15, 0.2) is 12.4 Å². The fraction of sp³-hybridized carbons (Fsp3) is 0.636. The normalized spacial score (nSPS) is 17.0. The first kappa shape index (κ1) is 12.1. The molecule has 1 fully saturated rings. The summed E-state index contributed by atoms with van der Waals surface area (Å²) in [6.07, 6.45) is 3.40. The van der Waals surface area contributed by atoms with Crippen LogP contribution in [-0.4, -0.2) is 59.6 Å². The highest BCUT2D eigenvalue weighted by atomic mass is 16.2. The summed E-state index contributed by atoms with van der Waals surface area (Å²) in [4.78, 5) is 18.1. The summed E-state index contributed by atoms with van der Waals surface area (Å²) in [5.74, 6) is 0.359. The van der Waals surface area contributed by atoms with Crippen LogP contribution in [0.5, 0.6) is 0 Å². The number of rotatable bonds is 4. The van der Waals surface area contributed by atoms with Gasteiger partial charge < -0.3 is 15.2 Å². The average molecular weight is 237 g/mol. The van der Waals surface area contributed by atoms with E-state index in [1.54, 1.807) is 17.0 Å². The highest BCUT2D eigenvalue weighted by Gasteiger charge is 2.12. The highest BCUT2D eigenvalue weighted by Crippen LogP contribution is 1.94. The molecule has 1 aliphatic heterocycles. The first-order valence-electron chi connectivity index (χ1n) is 5.96. The highest BCUT2D eigenvalue weighted by molar-refractivity contribution is 5.90. The van der Waals surface area contributed by atoms with E-state index in [0.29, 0.717) is 12.4 Å². The van der Waals surface area contributed by atoms with Crippen LogP contribution in [0.1, 0.15) is 10.6 Å².